The predicted octanol–water partition coefficient (Wildman–Crippen LogP) is 8.08. The van der Waals surface area contributed by atoms with Crippen LogP contribution in [0.4, 0.5) is 0 Å². The van der Waals surface area contributed by atoms with Gasteiger partial charge in [0, 0.05) is 12.8 Å². The van der Waals surface area contributed by atoms with Crippen molar-refractivity contribution in [1.82, 2.24) is 0 Å². The SMILES string of the molecule is CCCC/C=C/C(C)OC(=O)CCCCCCCCC(=O)OCCCCCCCCC. The zero-order chi connectivity index (χ0) is 23.0. The number of allylic oxidation sites excluding steroid dienone is 1. The molecule has 0 aliphatic carbocycles. The Bertz CT molecular complexity index is 445. The lowest BCUT2D eigenvalue weighted by Gasteiger charge is -2.09. The van der Waals surface area contributed by atoms with Crippen LogP contribution in [0.1, 0.15) is 136 Å². The quantitative estimate of drug-likeness (QED) is 0.0973. The second-order valence-corrected chi connectivity index (χ2v) is 8.73. The van der Waals surface area contributed by atoms with Crippen molar-refractivity contribution < 1.29 is 19.1 Å². The maximum absolute atomic E-state index is 11.8. The van der Waals surface area contributed by atoms with Gasteiger partial charge in [-0.25, -0.2) is 0 Å². The Morgan fingerprint density at radius 2 is 1.19 bits per heavy atom. The Morgan fingerprint density at radius 3 is 1.81 bits per heavy atom. The Balaban J connectivity index is 3.40. The highest BCUT2D eigenvalue weighted by molar-refractivity contribution is 5.69. The third-order valence-corrected chi connectivity index (χ3v) is 5.47. The van der Waals surface area contributed by atoms with E-state index in [1.54, 1.807) is 0 Å². The molecule has 31 heavy (non-hydrogen) atoms. The zero-order valence-corrected chi connectivity index (χ0v) is 20.8. The Hall–Kier alpha value is -1.32. The van der Waals surface area contributed by atoms with Crippen molar-refractivity contribution >= 4 is 11.9 Å². The molecule has 1 atom stereocenters. The third-order valence-electron chi connectivity index (χ3n) is 5.47. The average molecular weight is 439 g/mol. The van der Waals surface area contributed by atoms with Gasteiger partial charge < -0.3 is 9.47 Å². The minimum Gasteiger partial charge on any atom is -0.466 e. The zero-order valence-electron chi connectivity index (χ0n) is 20.8. The van der Waals surface area contributed by atoms with E-state index in [0.29, 0.717) is 19.4 Å². The van der Waals surface area contributed by atoms with E-state index in [0.717, 1.165) is 51.4 Å². The maximum Gasteiger partial charge on any atom is 0.306 e. The van der Waals surface area contributed by atoms with Gasteiger partial charge in [0.1, 0.15) is 6.10 Å². The van der Waals surface area contributed by atoms with Gasteiger partial charge in [-0.3, -0.25) is 9.59 Å². The van der Waals surface area contributed by atoms with Gasteiger partial charge >= 0.3 is 11.9 Å². The number of carbonyl (C=O) groups is 2. The van der Waals surface area contributed by atoms with Crippen LogP contribution in [0, 0.1) is 0 Å². The van der Waals surface area contributed by atoms with Crippen LogP contribution in [-0.2, 0) is 19.1 Å². The molecule has 4 nitrogen and oxygen atoms in total. The van der Waals surface area contributed by atoms with Gasteiger partial charge in [0.05, 0.1) is 6.61 Å². The molecule has 0 heterocycles. The summed E-state index contributed by atoms with van der Waals surface area (Å²) in [6.07, 6.45) is 23.1. The smallest absolute Gasteiger partial charge is 0.306 e. The number of carbonyl (C=O) groups excluding carboxylic acids is 2. The summed E-state index contributed by atoms with van der Waals surface area (Å²) in [6, 6.07) is 0. The van der Waals surface area contributed by atoms with E-state index in [1.165, 1.54) is 51.4 Å². The fourth-order valence-electron chi connectivity index (χ4n) is 3.48. The number of hydrogen-bond acceptors (Lipinski definition) is 4. The van der Waals surface area contributed by atoms with Crippen LogP contribution in [0.15, 0.2) is 12.2 Å². The van der Waals surface area contributed by atoms with Crippen molar-refractivity contribution in [3.05, 3.63) is 12.2 Å². The van der Waals surface area contributed by atoms with E-state index in [-0.39, 0.29) is 18.0 Å². The third kappa shape index (κ3) is 23.2. The van der Waals surface area contributed by atoms with Gasteiger partial charge in [-0.2, -0.15) is 0 Å². The summed E-state index contributed by atoms with van der Waals surface area (Å²) in [4.78, 5) is 23.6. The first-order valence-corrected chi connectivity index (χ1v) is 13.1. The summed E-state index contributed by atoms with van der Waals surface area (Å²) >= 11 is 0. The van der Waals surface area contributed by atoms with Gasteiger partial charge in [-0.05, 0) is 38.7 Å². The minimum atomic E-state index is -0.130. The largest absolute Gasteiger partial charge is 0.466 e. The molecule has 1 unspecified atom stereocenters. The van der Waals surface area contributed by atoms with Crippen LogP contribution in [0.2, 0.25) is 0 Å². The first-order chi connectivity index (χ1) is 15.1. The van der Waals surface area contributed by atoms with Gasteiger partial charge in [0.2, 0.25) is 0 Å². The first kappa shape index (κ1) is 29.7. The number of unbranched alkanes of at least 4 members (excludes halogenated alkanes) is 13. The molecule has 0 saturated carbocycles. The van der Waals surface area contributed by atoms with Crippen LogP contribution >= 0.6 is 0 Å². The van der Waals surface area contributed by atoms with E-state index >= 15 is 0 Å². The average Bonchev–Trinajstić information content (AvgIpc) is 2.75. The predicted molar refractivity (Wildman–Crippen MR) is 130 cm³/mol. The Labute approximate surface area is 192 Å². The first-order valence-electron chi connectivity index (χ1n) is 13.1. The van der Waals surface area contributed by atoms with Gasteiger partial charge in [-0.1, -0.05) is 97.0 Å². The van der Waals surface area contributed by atoms with E-state index in [1.807, 2.05) is 13.0 Å². The molecular weight excluding hydrogens is 388 g/mol. The molecule has 0 N–H and O–H groups in total. The Kier molecular flexibility index (Phi) is 22.4. The van der Waals surface area contributed by atoms with Crippen molar-refractivity contribution in [2.24, 2.45) is 0 Å². The summed E-state index contributed by atoms with van der Waals surface area (Å²) in [5.41, 5.74) is 0. The van der Waals surface area contributed by atoms with Crippen LogP contribution in [0.5, 0.6) is 0 Å². The van der Waals surface area contributed by atoms with E-state index in [9.17, 15) is 9.59 Å². The van der Waals surface area contributed by atoms with Crippen molar-refractivity contribution in [3.63, 3.8) is 0 Å². The molecule has 0 amide bonds. The monoisotopic (exact) mass is 438 g/mol. The summed E-state index contributed by atoms with van der Waals surface area (Å²) in [7, 11) is 0. The molecule has 0 saturated heterocycles. The molecule has 0 aromatic heterocycles. The molecule has 0 aromatic rings. The molecule has 4 heteroatoms. The highest BCUT2D eigenvalue weighted by Gasteiger charge is 2.06. The lowest BCUT2D eigenvalue weighted by atomic mass is 10.1. The van der Waals surface area contributed by atoms with Crippen molar-refractivity contribution in [3.8, 4) is 0 Å². The van der Waals surface area contributed by atoms with Crippen LogP contribution < -0.4 is 0 Å². The lowest BCUT2D eigenvalue weighted by Crippen LogP contribution is -2.12. The molecule has 0 spiro atoms. The second-order valence-electron chi connectivity index (χ2n) is 8.73. The standard InChI is InChI=1S/C27H50O4/c1-4-6-8-10-13-16-20-24-30-26(28)22-18-14-11-12-15-19-23-27(29)31-25(3)21-17-9-7-5-2/h17,21,25H,4-16,18-20,22-24H2,1-3H3/b21-17+. The summed E-state index contributed by atoms with van der Waals surface area (Å²) < 4.78 is 10.7. The fourth-order valence-corrected chi connectivity index (χ4v) is 3.48. The highest BCUT2D eigenvalue weighted by Crippen LogP contribution is 2.11. The normalized spacial score (nSPS) is 12.2. The molecule has 0 fully saturated rings. The summed E-state index contributed by atoms with van der Waals surface area (Å²) in [5, 5.41) is 0. The second kappa shape index (κ2) is 23.3. The van der Waals surface area contributed by atoms with Crippen molar-refractivity contribution in [1.29, 1.82) is 0 Å². The molecule has 0 radical (unpaired) electrons. The van der Waals surface area contributed by atoms with Crippen LogP contribution in [0.3, 0.4) is 0 Å². The summed E-state index contributed by atoms with van der Waals surface area (Å²) in [5.74, 6) is -0.150. The van der Waals surface area contributed by atoms with Crippen LogP contribution in [0.25, 0.3) is 0 Å². The van der Waals surface area contributed by atoms with Crippen LogP contribution in [-0.4, -0.2) is 24.6 Å². The molecule has 0 aliphatic heterocycles. The molecule has 0 rings (SSSR count). The van der Waals surface area contributed by atoms with Gasteiger partial charge in [0.25, 0.3) is 0 Å². The van der Waals surface area contributed by atoms with E-state index in [2.05, 4.69) is 19.9 Å². The molecule has 0 aromatic carbocycles. The molecule has 0 bridgehead atoms. The number of hydrogen-bond donors (Lipinski definition) is 0. The lowest BCUT2D eigenvalue weighted by molar-refractivity contribution is -0.146. The topological polar surface area (TPSA) is 52.6 Å². The number of rotatable bonds is 22. The number of esters is 2. The van der Waals surface area contributed by atoms with Gasteiger partial charge in [0.15, 0.2) is 0 Å². The van der Waals surface area contributed by atoms with Crippen molar-refractivity contribution in [2.45, 2.75) is 142 Å². The summed E-state index contributed by atoms with van der Waals surface area (Å²) in [6.45, 7) is 6.90. The number of ether oxygens (including phenoxy) is 2. The van der Waals surface area contributed by atoms with Gasteiger partial charge in [-0.15, -0.1) is 0 Å². The highest BCUT2D eigenvalue weighted by atomic mass is 16.5. The molecular formula is C27H50O4. The minimum absolute atomic E-state index is 0.0495. The molecule has 182 valence electrons. The maximum atomic E-state index is 11.8. The molecule has 0 aliphatic rings. The Morgan fingerprint density at radius 1 is 0.677 bits per heavy atom. The van der Waals surface area contributed by atoms with E-state index in [4.69, 9.17) is 9.47 Å². The van der Waals surface area contributed by atoms with E-state index < -0.39 is 0 Å². The fraction of sp³-hybridized carbons (Fsp3) is 0.852. The van der Waals surface area contributed by atoms with Crippen molar-refractivity contribution in [2.75, 3.05) is 6.61 Å².